The third-order valence-corrected chi connectivity index (χ3v) is 11.6. The van der Waals surface area contributed by atoms with Gasteiger partial charge >= 0.3 is 0 Å². The van der Waals surface area contributed by atoms with Gasteiger partial charge in [-0.3, -0.25) is 14.4 Å². The topological polar surface area (TPSA) is 203 Å². The van der Waals surface area contributed by atoms with Crippen molar-refractivity contribution >= 4 is 46.4 Å². The van der Waals surface area contributed by atoms with Gasteiger partial charge in [0.15, 0.2) is 5.82 Å². The molecule has 7 rings (SSSR count). The molecule has 1 unspecified atom stereocenters. The molecule has 0 saturated carbocycles. The lowest BCUT2D eigenvalue weighted by Crippen LogP contribution is -2.57. The number of para-hydroxylation sites is 1. The summed E-state index contributed by atoms with van der Waals surface area (Å²) in [5.41, 5.74) is 12.3. The van der Waals surface area contributed by atoms with Gasteiger partial charge in [0.25, 0.3) is 5.91 Å². The SMILES string of the molecule is Cc1ncsc1-c1ccc(CNC(=O)[C@@H]2C[C@@H](O)CN2C(=O)C(NC(=O)c2ccnc(N3CCN(c4cc(-c5ccccc5O)nnc4N)CC3)c2)C(C)(C)C)cc1. The Morgan fingerprint density at radius 1 is 0.966 bits per heavy atom. The van der Waals surface area contributed by atoms with E-state index in [2.05, 4.69) is 40.6 Å². The molecule has 2 aromatic carbocycles. The van der Waals surface area contributed by atoms with Gasteiger partial charge in [-0.05, 0) is 53.8 Å². The quantitative estimate of drug-likeness (QED) is 0.136. The summed E-state index contributed by atoms with van der Waals surface area (Å²) < 4.78 is 0. The number of anilines is 3. The molecule has 6 N–H and O–H groups in total. The van der Waals surface area contributed by atoms with Gasteiger partial charge in [0.1, 0.15) is 23.7 Å². The smallest absolute Gasteiger partial charge is 0.252 e. The van der Waals surface area contributed by atoms with Crippen LogP contribution in [0.3, 0.4) is 0 Å². The van der Waals surface area contributed by atoms with E-state index in [4.69, 9.17) is 5.73 Å². The van der Waals surface area contributed by atoms with Crippen molar-refractivity contribution < 1.29 is 24.6 Å². The van der Waals surface area contributed by atoms with Crippen molar-refractivity contribution in [1.82, 2.24) is 35.7 Å². The van der Waals surface area contributed by atoms with Gasteiger partial charge in [-0.15, -0.1) is 21.5 Å². The average Bonchev–Trinajstić information content (AvgIpc) is 3.84. The van der Waals surface area contributed by atoms with Crippen LogP contribution >= 0.6 is 11.3 Å². The number of pyridine rings is 1. The summed E-state index contributed by atoms with van der Waals surface area (Å²) >= 11 is 1.57. The van der Waals surface area contributed by atoms with Crippen molar-refractivity contribution in [2.45, 2.75) is 58.8 Å². The van der Waals surface area contributed by atoms with Crippen molar-refractivity contribution in [3.8, 4) is 27.4 Å². The summed E-state index contributed by atoms with van der Waals surface area (Å²) in [6, 6.07) is 18.0. The lowest BCUT2D eigenvalue weighted by molar-refractivity contribution is -0.142. The van der Waals surface area contributed by atoms with Gasteiger partial charge < -0.3 is 41.3 Å². The Labute approximate surface area is 340 Å². The molecule has 0 bridgehead atoms. The highest BCUT2D eigenvalue weighted by molar-refractivity contribution is 7.13. The molecular formula is C42H48N10O5S. The number of aliphatic hydroxyl groups excluding tert-OH is 1. The minimum atomic E-state index is -0.995. The Hall–Kier alpha value is -6.13. The number of thiazole rings is 1. The van der Waals surface area contributed by atoms with Crippen LogP contribution in [0.15, 0.2) is 78.4 Å². The molecule has 15 nitrogen and oxygen atoms in total. The number of nitrogens with one attached hydrogen (secondary N) is 2. The molecular weight excluding hydrogens is 757 g/mol. The fourth-order valence-electron chi connectivity index (χ4n) is 7.37. The van der Waals surface area contributed by atoms with E-state index in [9.17, 15) is 24.6 Å². The van der Waals surface area contributed by atoms with Crippen LogP contribution in [0.1, 0.15) is 48.8 Å². The number of β-amino-alcohol motifs (C(OH)–C–C–N with tert-alkyl or cyclic N) is 1. The minimum absolute atomic E-state index is 0.0229. The van der Waals surface area contributed by atoms with E-state index in [0.717, 1.165) is 21.7 Å². The number of piperazine rings is 1. The van der Waals surface area contributed by atoms with Crippen LogP contribution in [0.5, 0.6) is 5.75 Å². The van der Waals surface area contributed by atoms with Crippen LogP contribution < -0.4 is 26.2 Å². The molecule has 58 heavy (non-hydrogen) atoms. The Morgan fingerprint density at radius 2 is 1.69 bits per heavy atom. The largest absolute Gasteiger partial charge is 0.507 e. The number of hydrogen-bond acceptors (Lipinski definition) is 13. The fourth-order valence-corrected chi connectivity index (χ4v) is 8.18. The number of benzene rings is 2. The standard InChI is InChI=1S/C42H48N10O5S/c1-25-36(58-24-46-25)27-11-9-26(10-12-27)22-45-40(56)33-20-29(53)23-52(33)41(57)37(42(2,3)4)47-39(55)28-13-14-44-35(19-28)51-17-15-50(16-18-51)32-21-31(48-49-38(32)43)30-7-5-6-8-34(30)54/h5-14,19,21,24,29,33,37,53-54H,15-18,20,22-23H2,1-4H3,(H2,43,49)(H,45,56)(H,47,55)/t29-,33+,37?/m1/s1. The molecule has 5 heterocycles. The summed E-state index contributed by atoms with van der Waals surface area (Å²) in [6.07, 6.45) is 0.778. The number of nitrogen functional groups attached to an aromatic ring is 1. The lowest BCUT2D eigenvalue weighted by atomic mass is 9.85. The van der Waals surface area contributed by atoms with Crippen LogP contribution in [0.25, 0.3) is 21.7 Å². The van der Waals surface area contributed by atoms with E-state index in [1.54, 1.807) is 47.9 Å². The van der Waals surface area contributed by atoms with Crippen LogP contribution in [0.2, 0.25) is 0 Å². The number of hydrogen-bond donors (Lipinski definition) is 5. The number of aryl methyl sites for hydroxylation is 1. The first kappa shape index (κ1) is 40.1. The van der Waals surface area contributed by atoms with Gasteiger partial charge in [0, 0.05) is 63.0 Å². The first-order valence-corrected chi connectivity index (χ1v) is 20.1. The average molecular weight is 805 g/mol. The second-order valence-electron chi connectivity index (χ2n) is 15.7. The van der Waals surface area contributed by atoms with Gasteiger partial charge in [-0.1, -0.05) is 57.2 Å². The van der Waals surface area contributed by atoms with Gasteiger partial charge in [0.2, 0.25) is 11.8 Å². The number of nitrogens with zero attached hydrogens (tertiary/aromatic N) is 7. The normalized spacial score (nSPS) is 17.6. The second kappa shape index (κ2) is 16.8. The first-order chi connectivity index (χ1) is 27.8. The third-order valence-electron chi connectivity index (χ3n) is 10.6. The second-order valence-corrected chi connectivity index (χ2v) is 16.6. The summed E-state index contributed by atoms with van der Waals surface area (Å²) in [6.45, 7) is 10.1. The molecule has 5 aromatic rings. The molecule has 2 fully saturated rings. The molecule has 2 saturated heterocycles. The maximum absolute atomic E-state index is 14.2. The number of carbonyl (C=O) groups excluding carboxylic acids is 3. The highest BCUT2D eigenvalue weighted by Gasteiger charge is 2.44. The van der Waals surface area contributed by atoms with E-state index in [1.165, 1.54) is 4.90 Å². The van der Waals surface area contributed by atoms with E-state index in [0.29, 0.717) is 54.5 Å². The number of rotatable bonds is 10. The van der Waals surface area contributed by atoms with Crippen molar-refractivity contribution in [3.05, 3.63) is 95.3 Å². The predicted octanol–water partition coefficient (Wildman–Crippen LogP) is 4.01. The molecule has 3 amide bonds. The molecule has 0 radical (unpaired) electrons. The van der Waals surface area contributed by atoms with Gasteiger partial charge in [0.05, 0.1) is 33.6 Å². The number of nitrogens with two attached hydrogens (primary N) is 1. The Morgan fingerprint density at radius 3 is 2.38 bits per heavy atom. The predicted molar refractivity (Wildman–Crippen MR) is 223 cm³/mol. The van der Waals surface area contributed by atoms with Crippen LogP contribution in [-0.2, 0) is 16.1 Å². The lowest BCUT2D eigenvalue weighted by Gasteiger charge is -2.37. The molecule has 3 atom stereocenters. The summed E-state index contributed by atoms with van der Waals surface area (Å²) in [5.74, 6) is -0.280. The number of amides is 3. The highest BCUT2D eigenvalue weighted by Crippen LogP contribution is 2.33. The maximum Gasteiger partial charge on any atom is 0.252 e. The number of phenols is 1. The molecule has 2 aliphatic rings. The van der Waals surface area contributed by atoms with Crippen molar-refractivity contribution in [2.75, 3.05) is 48.3 Å². The monoisotopic (exact) mass is 804 g/mol. The maximum atomic E-state index is 14.2. The molecule has 0 spiro atoms. The molecule has 16 heteroatoms. The molecule has 0 aliphatic carbocycles. The number of aliphatic hydroxyl groups is 1. The molecule has 2 aliphatic heterocycles. The number of likely N-dealkylation sites (tertiary alicyclic amines) is 1. The summed E-state index contributed by atoms with van der Waals surface area (Å²) in [7, 11) is 0. The molecule has 3 aromatic heterocycles. The van der Waals surface area contributed by atoms with Gasteiger partial charge in [-0.25, -0.2) is 9.97 Å². The number of aromatic nitrogens is 4. The van der Waals surface area contributed by atoms with Crippen molar-refractivity contribution in [3.63, 3.8) is 0 Å². The Balaban J connectivity index is 0.985. The van der Waals surface area contributed by atoms with E-state index in [1.807, 2.05) is 69.6 Å². The van der Waals surface area contributed by atoms with Crippen LogP contribution in [-0.4, -0.2) is 104 Å². The number of aromatic hydroxyl groups is 1. The fraction of sp³-hybridized carbons (Fsp3) is 0.357. The van der Waals surface area contributed by atoms with Crippen molar-refractivity contribution in [1.29, 1.82) is 0 Å². The van der Waals surface area contributed by atoms with E-state index in [-0.39, 0.29) is 37.0 Å². The summed E-state index contributed by atoms with van der Waals surface area (Å²) in [4.78, 5) is 57.1. The van der Waals surface area contributed by atoms with Crippen molar-refractivity contribution in [2.24, 2.45) is 5.41 Å². The van der Waals surface area contributed by atoms with E-state index < -0.39 is 35.4 Å². The molecule has 302 valence electrons. The van der Waals surface area contributed by atoms with Crippen LogP contribution in [0.4, 0.5) is 17.3 Å². The number of carbonyl (C=O) groups is 3. The van der Waals surface area contributed by atoms with Gasteiger partial charge in [-0.2, -0.15) is 0 Å². The third kappa shape index (κ3) is 8.72. The number of phenolic OH excluding ortho intramolecular Hbond substituents is 1. The highest BCUT2D eigenvalue weighted by atomic mass is 32.1. The minimum Gasteiger partial charge on any atom is -0.507 e. The summed E-state index contributed by atoms with van der Waals surface area (Å²) in [5, 5.41) is 35.2. The first-order valence-electron chi connectivity index (χ1n) is 19.2. The zero-order chi connectivity index (χ0) is 41.1. The zero-order valence-electron chi connectivity index (χ0n) is 32.9. The zero-order valence-corrected chi connectivity index (χ0v) is 33.7. The van der Waals surface area contributed by atoms with E-state index >= 15 is 0 Å². The Kier molecular flexibility index (Phi) is 11.6. The van der Waals surface area contributed by atoms with Crippen LogP contribution in [0, 0.1) is 12.3 Å². The Bertz CT molecular complexity index is 2290.